The number of rotatable bonds is 11. The summed E-state index contributed by atoms with van der Waals surface area (Å²) < 4.78 is 4.70. The van der Waals surface area contributed by atoms with Crippen molar-refractivity contribution in [2.45, 2.75) is 53.1 Å². The average Bonchev–Trinajstić information content (AvgIpc) is 3.54. The highest BCUT2D eigenvalue weighted by atomic mass is 79.9. The summed E-state index contributed by atoms with van der Waals surface area (Å²) in [5, 5.41) is 16.6. The van der Waals surface area contributed by atoms with Crippen molar-refractivity contribution >= 4 is 45.4 Å². The molecule has 9 nitrogen and oxygen atoms in total. The van der Waals surface area contributed by atoms with Gasteiger partial charge in [0.1, 0.15) is 6.04 Å². The van der Waals surface area contributed by atoms with Gasteiger partial charge in [0.15, 0.2) is 0 Å². The molecule has 1 aromatic carbocycles. The number of carbonyl (C=O) groups excluding carboxylic acids is 3. The molecule has 4 saturated heterocycles. The Morgan fingerprint density at radius 3 is 2.59 bits per heavy atom. The summed E-state index contributed by atoms with van der Waals surface area (Å²) in [6.45, 7) is 6.50. The second-order valence-corrected chi connectivity index (χ2v) is 13.7. The monoisotopic (exact) mass is 622 g/mol. The van der Waals surface area contributed by atoms with Crippen molar-refractivity contribution in [1.29, 1.82) is 0 Å². The zero-order valence-electron chi connectivity index (χ0n) is 22.4. The largest absolute Gasteiger partial charge is 0.394 e. The van der Waals surface area contributed by atoms with Crippen LogP contribution in [-0.4, -0.2) is 112 Å². The summed E-state index contributed by atoms with van der Waals surface area (Å²) in [5.41, 5.74) is 0.984. The van der Waals surface area contributed by atoms with Gasteiger partial charge in [-0.1, -0.05) is 53.2 Å². The molecule has 3 unspecified atom stereocenters. The summed E-state index contributed by atoms with van der Waals surface area (Å²) in [7, 11) is 0. The predicted molar refractivity (Wildman–Crippen MR) is 154 cm³/mol. The number of likely N-dealkylation sites (tertiary alicyclic amines) is 1. The van der Waals surface area contributed by atoms with Gasteiger partial charge in [0, 0.05) is 42.8 Å². The van der Waals surface area contributed by atoms with E-state index >= 15 is 0 Å². The number of morpholine rings is 1. The Kier molecular flexibility index (Phi) is 9.22. The predicted octanol–water partition coefficient (Wildman–Crippen LogP) is 1.03. The topological polar surface area (TPSA) is 111 Å². The Morgan fingerprint density at radius 2 is 1.90 bits per heavy atom. The van der Waals surface area contributed by atoms with Gasteiger partial charge in [-0.2, -0.15) is 0 Å². The van der Waals surface area contributed by atoms with E-state index in [1.165, 1.54) is 0 Å². The zero-order valence-corrected chi connectivity index (χ0v) is 24.8. The van der Waals surface area contributed by atoms with Crippen LogP contribution >= 0.6 is 27.7 Å². The number of hydrogen-bond acceptors (Lipinski definition) is 7. The van der Waals surface area contributed by atoms with Crippen molar-refractivity contribution in [3.8, 4) is 0 Å². The van der Waals surface area contributed by atoms with Crippen molar-refractivity contribution in [2.24, 2.45) is 11.8 Å². The molecule has 4 fully saturated rings. The van der Waals surface area contributed by atoms with Gasteiger partial charge < -0.3 is 25.4 Å². The highest BCUT2D eigenvalue weighted by Gasteiger charge is 2.76. The van der Waals surface area contributed by atoms with E-state index in [0.717, 1.165) is 25.1 Å². The normalized spacial score (nSPS) is 32.7. The maximum atomic E-state index is 14.3. The first kappa shape index (κ1) is 28.9. The summed E-state index contributed by atoms with van der Waals surface area (Å²) in [6.07, 6.45) is 1.86. The number of carbonyl (C=O) groups is 3. The van der Waals surface area contributed by atoms with E-state index in [0.29, 0.717) is 45.7 Å². The van der Waals surface area contributed by atoms with Gasteiger partial charge in [-0.3, -0.25) is 19.3 Å². The number of halogens is 1. The van der Waals surface area contributed by atoms with Crippen LogP contribution in [0, 0.1) is 11.8 Å². The molecule has 7 atom stereocenters. The molecule has 4 heterocycles. The lowest BCUT2D eigenvalue weighted by molar-refractivity contribution is -0.142. The zero-order chi connectivity index (χ0) is 27.6. The number of ether oxygens (including phenoxy) is 1. The fourth-order valence-corrected chi connectivity index (χ4v) is 10.4. The highest BCUT2D eigenvalue weighted by Crippen LogP contribution is 2.68. The number of amides is 3. The molecular weight excluding hydrogens is 584 g/mol. The molecule has 0 radical (unpaired) electrons. The van der Waals surface area contributed by atoms with Gasteiger partial charge in [0.2, 0.25) is 17.7 Å². The molecule has 214 valence electrons. The SMILES string of the molecule is CCCNC(=O)[C@H]1[C@H]2C(=O)N([C@@H](CO)Cc3ccccc3)C(C(=O)NCCN3CCOCC3)C23CC(Br)[C@@H]1S3. The van der Waals surface area contributed by atoms with Crippen LogP contribution in [0.3, 0.4) is 0 Å². The third-order valence-electron chi connectivity index (χ3n) is 8.58. The molecule has 5 rings (SSSR count). The minimum absolute atomic E-state index is 0.0224. The lowest BCUT2D eigenvalue weighted by Crippen LogP contribution is -2.58. The van der Waals surface area contributed by atoms with Crippen LogP contribution in [0.15, 0.2) is 30.3 Å². The second-order valence-electron chi connectivity index (χ2n) is 11.0. The fourth-order valence-electron chi connectivity index (χ4n) is 6.82. The number of alkyl halides is 1. The van der Waals surface area contributed by atoms with Crippen molar-refractivity contribution < 1.29 is 24.2 Å². The van der Waals surface area contributed by atoms with Crippen molar-refractivity contribution in [2.75, 3.05) is 52.5 Å². The van der Waals surface area contributed by atoms with Crippen LogP contribution in [0.4, 0.5) is 0 Å². The van der Waals surface area contributed by atoms with E-state index in [9.17, 15) is 19.5 Å². The molecule has 0 aromatic heterocycles. The Balaban J connectivity index is 1.44. The van der Waals surface area contributed by atoms with Crippen LogP contribution < -0.4 is 10.6 Å². The quantitative estimate of drug-likeness (QED) is 0.316. The maximum absolute atomic E-state index is 14.3. The molecule has 0 saturated carbocycles. The van der Waals surface area contributed by atoms with E-state index in [1.807, 2.05) is 37.3 Å². The number of hydrogen-bond donors (Lipinski definition) is 3. The molecule has 1 aromatic rings. The van der Waals surface area contributed by atoms with Crippen LogP contribution in [0.1, 0.15) is 25.3 Å². The third-order valence-corrected chi connectivity index (χ3v) is 11.8. The molecule has 3 N–H and O–H groups in total. The Morgan fingerprint density at radius 1 is 1.18 bits per heavy atom. The molecule has 4 aliphatic rings. The van der Waals surface area contributed by atoms with Crippen molar-refractivity contribution in [3.63, 3.8) is 0 Å². The molecule has 11 heteroatoms. The number of aliphatic hydroxyl groups is 1. The van der Waals surface area contributed by atoms with Gasteiger partial charge in [-0.15, -0.1) is 11.8 Å². The molecule has 1 spiro atoms. The molecule has 0 aliphatic carbocycles. The van der Waals surface area contributed by atoms with Crippen LogP contribution in [-0.2, 0) is 25.5 Å². The van der Waals surface area contributed by atoms with E-state index in [4.69, 9.17) is 4.74 Å². The van der Waals surface area contributed by atoms with Gasteiger partial charge in [-0.05, 0) is 24.8 Å². The first-order valence-electron chi connectivity index (χ1n) is 14.1. The van der Waals surface area contributed by atoms with E-state index in [2.05, 4.69) is 31.5 Å². The second kappa shape index (κ2) is 12.5. The van der Waals surface area contributed by atoms with Gasteiger partial charge >= 0.3 is 0 Å². The molecule has 2 bridgehead atoms. The molecule has 3 amide bonds. The summed E-state index contributed by atoms with van der Waals surface area (Å²) in [5.74, 6) is -1.62. The molecule has 4 aliphatic heterocycles. The number of benzene rings is 1. The molecular formula is C28H39BrN4O5S. The first-order valence-corrected chi connectivity index (χ1v) is 15.8. The average molecular weight is 624 g/mol. The maximum Gasteiger partial charge on any atom is 0.244 e. The van der Waals surface area contributed by atoms with Crippen molar-refractivity contribution in [3.05, 3.63) is 35.9 Å². The first-order chi connectivity index (χ1) is 18.9. The van der Waals surface area contributed by atoms with Gasteiger partial charge in [0.05, 0.1) is 42.4 Å². The lowest BCUT2D eigenvalue weighted by Gasteiger charge is -2.37. The smallest absolute Gasteiger partial charge is 0.244 e. The minimum atomic E-state index is -0.764. The Labute approximate surface area is 242 Å². The van der Waals surface area contributed by atoms with E-state index in [1.54, 1.807) is 16.7 Å². The van der Waals surface area contributed by atoms with Gasteiger partial charge in [0.25, 0.3) is 0 Å². The Bertz CT molecular complexity index is 1040. The van der Waals surface area contributed by atoms with E-state index < -0.39 is 28.7 Å². The fraction of sp³-hybridized carbons (Fsp3) is 0.679. The van der Waals surface area contributed by atoms with Gasteiger partial charge in [-0.25, -0.2) is 0 Å². The van der Waals surface area contributed by atoms with E-state index in [-0.39, 0.29) is 34.4 Å². The summed E-state index contributed by atoms with van der Waals surface area (Å²) in [4.78, 5) is 45.7. The summed E-state index contributed by atoms with van der Waals surface area (Å²) >= 11 is 5.43. The van der Waals surface area contributed by atoms with Crippen LogP contribution in [0.2, 0.25) is 0 Å². The lowest BCUT2D eigenvalue weighted by atomic mass is 9.70. The number of thioether (sulfide) groups is 1. The Hall–Kier alpha value is -1.66. The number of aliphatic hydroxyl groups excluding tert-OH is 1. The number of nitrogens with zero attached hydrogens (tertiary/aromatic N) is 2. The van der Waals surface area contributed by atoms with Crippen molar-refractivity contribution in [1.82, 2.24) is 20.4 Å². The highest BCUT2D eigenvalue weighted by molar-refractivity contribution is 9.09. The molecule has 39 heavy (non-hydrogen) atoms. The van der Waals surface area contributed by atoms with Crippen LogP contribution in [0.5, 0.6) is 0 Å². The summed E-state index contributed by atoms with van der Waals surface area (Å²) in [6, 6.07) is 8.39. The minimum Gasteiger partial charge on any atom is -0.394 e. The van der Waals surface area contributed by atoms with Crippen LogP contribution in [0.25, 0.3) is 0 Å². The standard InChI is InChI=1S/C28H39BrN4O5S/c1-2-8-30-25(35)21-22-27(37)33(19(17-34)15-18-6-4-3-5-7-18)24(28(22)16-20(29)23(21)39-28)26(36)31-9-10-32-11-13-38-14-12-32/h3-7,19-24,34H,2,8-17H2,1H3,(H,30,35)(H,31,36)/t19-,20?,21+,22+,23+,24?,28?/m1/s1. The number of nitrogens with one attached hydrogen (secondary N) is 2. The number of fused-ring (bicyclic) bond motifs is 1. The third kappa shape index (κ3) is 5.49.